The van der Waals surface area contributed by atoms with E-state index in [2.05, 4.69) is 35.1 Å². The van der Waals surface area contributed by atoms with Gasteiger partial charge in [0, 0.05) is 29.8 Å². The summed E-state index contributed by atoms with van der Waals surface area (Å²) in [5.74, 6) is 1.53. The van der Waals surface area contributed by atoms with Gasteiger partial charge >= 0.3 is 6.18 Å². The maximum absolute atomic E-state index is 13.5. The number of aromatic amines is 1. The molecule has 1 aliphatic rings. The standard InChI is InChI=1S/C31H31F3N10O2/c1-17(2)43-14-23(31(32,33)34)39-28(43)21-9-5-19(6-10-21)18(3)44(13-22-11-12-24(45)42-41-22)30-38-16-36-27(40-30)25-26(20-7-8-20)35-15-37-29(25)46-4/h5-6,9-12,14-18,20H,7-8,13H2,1-4H3,(H,42,45)/t18-/m1/s1. The lowest BCUT2D eigenvalue weighted by molar-refractivity contribution is -0.140. The molecule has 0 aliphatic heterocycles. The minimum atomic E-state index is -4.56. The molecule has 1 fully saturated rings. The lowest BCUT2D eigenvalue weighted by atomic mass is 10.0. The Balaban J connectivity index is 1.38. The van der Waals surface area contributed by atoms with Crippen molar-refractivity contribution in [1.29, 1.82) is 0 Å². The minimum Gasteiger partial charge on any atom is -0.480 e. The first-order valence-electron chi connectivity index (χ1n) is 14.7. The molecule has 12 nitrogen and oxygen atoms in total. The number of nitrogens with zero attached hydrogens (tertiary/aromatic N) is 9. The normalized spacial score (nSPS) is 14.0. The maximum Gasteiger partial charge on any atom is 0.434 e. The molecular formula is C31H31F3N10O2. The summed E-state index contributed by atoms with van der Waals surface area (Å²) >= 11 is 0. The number of ether oxygens (including phenoxy) is 1. The molecule has 1 aliphatic carbocycles. The van der Waals surface area contributed by atoms with Gasteiger partial charge in [-0.2, -0.15) is 23.3 Å². The van der Waals surface area contributed by atoms with Crippen molar-refractivity contribution in [3.8, 4) is 28.7 Å². The number of methoxy groups -OCH3 is 1. The van der Waals surface area contributed by atoms with Crippen LogP contribution in [0.5, 0.6) is 5.88 Å². The number of nitrogens with one attached hydrogen (secondary N) is 1. The Morgan fingerprint density at radius 3 is 2.37 bits per heavy atom. The van der Waals surface area contributed by atoms with Crippen molar-refractivity contribution in [3.05, 3.63) is 88.2 Å². The van der Waals surface area contributed by atoms with Gasteiger partial charge in [0.2, 0.25) is 11.8 Å². The third-order valence-electron chi connectivity index (χ3n) is 7.81. The van der Waals surface area contributed by atoms with E-state index in [0.717, 1.165) is 30.3 Å². The molecule has 4 aromatic heterocycles. The lowest BCUT2D eigenvalue weighted by Crippen LogP contribution is -2.29. The van der Waals surface area contributed by atoms with Crippen molar-refractivity contribution in [3.63, 3.8) is 0 Å². The molecule has 0 spiro atoms. The monoisotopic (exact) mass is 632 g/mol. The van der Waals surface area contributed by atoms with Crippen molar-refractivity contribution < 1.29 is 17.9 Å². The van der Waals surface area contributed by atoms with Gasteiger partial charge in [-0.15, -0.1) is 0 Å². The molecule has 238 valence electrons. The Bertz CT molecular complexity index is 1880. The maximum atomic E-state index is 13.5. The number of benzene rings is 1. The van der Waals surface area contributed by atoms with Crippen LogP contribution in [0.2, 0.25) is 0 Å². The second-order valence-corrected chi connectivity index (χ2v) is 11.3. The highest BCUT2D eigenvalue weighted by atomic mass is 19.4. The van der Waals surface area contributed by atoms with Gasteiger partial charge in [-0.25, -0.2) is 30.0 Å². The van der Waals surface area contributed by atoms with Gasteiger partial charge in [0.25, 0.3) is 5.56 Å². The fourth-order valence-corrected chi connectivity index (χ4v) is 5.20. The van der Waals surface area contributed by atoms with E-state index in [1.807, 2.05) is 24.0 Å². The summed E-state index contributed by atoms with van der Waals surface area (Å²) in [6.45, 7) is 5.77. The van der Waals surface area contributed by atoms with Crippen molar-refractivity contribution in [2.24, 2.45) is 0 Å². The summed E-state index contributed by atoms with van der Waals surface area (Å²) in [5, 5.41) is 6.64. The predicted molar refractivity (Wildman–Crippen MR) is 162 cm³/mol. The van der Waals surface area contributed by atoms with E-state index in [1.54, 1.807) is 32.0 Å². The van der Waals surface area contributed by atoms with E-state index in [1.165, 1.54) is 30.4 Å². The van der Waals surface area contributed by atoms with Gasteiger partial charge < -0.3 is 14.2 Å². The Kier molecular flexibility index (Phi) is 8.23. The summed E-state index contributed by atoms with van der Waals surface area (Å²) in [5.41, 5.74) is 2.07. The van der Waals surface area contributed by atoms with E-state index < -0.39 is 11.9 Å². The molecule has 1 saturated carbocycles. The number of H-pyrrole nitrogens is 1. The van der Waals surface area contributed by atoms with Gasteiger partial charge in [-0.1, -0.05) is 24.3 Å². The summed E-state index contributed by atoms with van der Waals surface area (Å²) in [4.78, 5) is 40.1. The molecule has 5 aromatic rings. The molecule has 4 heterocycles. The fraction of sp³-hybridized carbons (Fsp3) is 0.355. The number of aromatic nitrogens is 9. The van der Waals surface area contributed by atoms with E-state index >= 15 is 0 Å². The van der Waals surface area contributed by atoms with Crippen LogP contribution in [0.15, 0.2) is 60.0 Å². The molecular weight excluding hydrogens is 601 g/mol. The van der Waals surface area contributed by atoms with Crippen LogP contribution in [0.4, 0.5) is 19.1 Å². The third-order valence-corrected chi connectivity index (χ3v) is 7.81. The van der Waals surface area contributed by atoms with E-state index in [0.29, 0.717) is 34.5 Å². The molecule has 46 heavy (non-hydrogen) atoms. The first-order chi connectivity index (χ1) is 22.0. The number of alkyl halides is 3. The first-order valence-corrected chi connectivity index (χ1v) is 14.7. The molecule has 6 rings (SSSR count). The number of rotatable bonds is 10. The molecule has 0 bridgehead atoms. The molecule has 15 heteroatoms. The lowest BCUT2D eigenvalue weighted by Gasteiger charge is -2.29. The van der Waals surface area contributed by atoms with Gasteiger partial charge in [0.05, 0.1) is 31.1 Å². The Morgan fingerprint density at radius 1 is 1.00 bits per heavy atom. The summed E-state index contributed by atoms with van der Waals surface area (Å²) in [6.07, 6.45) is 1.35. The van der Waals surface area contributed by atoms with Crippen molar-refractivity contribution >= 4 is 5.95 Å². The molecule has 1 N–H and O–H groups in total. The summed E-state index contributed by atoms with van der Waals surface area (Å²) < 4.78 is 47.5. The van der Waals surface area contributed by atoms with E-state index in [9.17, 15) is 18.0 Å². The average molecular weight is 633 g/mol. The smallest absolute Gasteiger partial charge is 0.434 e. The zero-order valence-corrected chi connectivity index (χ0v) is 25.5. The van der Waals surface area contributed by atoms with Gasteiger partial charge in [-0.3, -0.25) is 4.79 Å². The molecule has 1 aromatic carbocycles. The molecule has 0 saturated heterocycles. The van der Waals surface area contributed by atoms with Crippen LogP contribution in [0.3, 0.4) is 0 Å². The van der Waals surface area contributed by atoms with E-state index in [-0.39, 0.29) is 35.9 Å². The van der Waals surface area contributed by atoms with Crippen molar-refractivity contribution in [2.45, 2.75) is 64.3 Å². The van der Waals surface area contributed by atoms with Crippen LogP contribution in [-0.2, 0) is 12.7 Å². The Morgan fingerprint density at radius 2 is 1.74 bits per heavy atom. The predicted octanol–water partition coefficient (Wildman–Crippen LogP) is 5.53. The number of hydrogen-bond donors (Lipinski definition) is 1. The highest BCUT2D eigenvalue weighted by Crippen LogP contribution is 2.45. The number of anilines is 1. The number of halogens is 3. The van der Waals surface area contributed by atoms with Crippen molar-refractivity contribution in [1.82, 2.24) is 44.7 Å². The number of hydrogen-bond acceptors (Lipinski definition) is 10. The Hall–Kier alpha value is -5.21. The second-order valence-electron chi connectivity index (χ2n) is 11.3. The largest absolute Gasteiger partial charge is 0.480 e. The van der Waals surface area contributed by atoms with Gasteiger partial charge in [0.1, 0.15) is 24.0 Å². The van der Waals surface area contributed by atoms with Crippen molar-refractivity contribution in [2.75, 3.05) is 12.0 Å². The minimum absolute atomic E-state index is 0.216. The SMILES string of the molecule is COc1ncnc(C2CC2)c1-c1ncnc(N(Cc2ccc(=O)[nH]n2)[C@H](C)c2ccc(-c3nc(C(F)(F)F)cn3C(C)C)cc2)n1. The number of imidazole rings is 1. The Labute approximate surface area is 261 Å². The molecule has 0 amide bonds. The quantitative estimate of drug-likeness (QED) is 0.209. The molecule has 0 unspecified atom stereocenters. The zero-order chi connectivity index (χ0) is 32.6. The van der Waals surface area contributed by atoms with E-state index in [4.69, 9.17) is 9.72 Å². The summed E-state index contributed by atoms with van der Waals surface area (Å²) in [6, 6.07) is 9.58. The zero-order valence-electron chi connectivity index (χ0n) is 25.5. The second kappa shape index (κ2) is 12.3. The highest BCUT2D eigenvalue weighted by Gasteiger charge is 2.35. The average Bonchev–Trinajstić information content (AvgIpc) is 3.79. The summed E-state index contributed by atoms with van der Waals surface area (Å²) in [7, 11) is 1.53. The molecule has 1 atom stereocenters. The van der Waals surface area contributed by atoms with Crippen LogP contribution in [0.25, 0.3) is 22.8 Å². The van der Waals surface area contributed by atoms with Gasteiger partial charge in [0.15, 0.2) is 11.5 Å². The fourth-order valence-electron chi connectivity index (χ4n) is 5.20. The third kappa shape index (κ3) is 6.30. The van der Waals surface area contributed by atoms with Crippen LogP contribution >= 0.6 is 0 Å². The highest BCUT2D eigenvalue weighted by molar-refractivity contribution is 5.66. The first kappa shape index (κ1) is 30.8. The molecule has 0 radical (unpaired) electrons. The van der Waals surface area contributed by atoms with Crippen LogP contribution in [0, 0.1) is 0 Å². The van der Waals surface area contributed by atoms with Crippen LogP contribution < -0.4 is 15.2 Å². The topological polar surface area (TPSA) is 140 Å². The van der Waals surface area contributed by atoms with Gasteiger partial charge in [-0.05, 0) is 45.2 Å². The van der Waals surface area contributed by atoms with Crippen LogP contribution in [-0.4, -0.2) is 51.8 Å². The van der Waals surface area contributed by atoms with Crippen LogP contribution in [0.1, 0.15) is 74.3 Å².